The molecule has 1 aromatic rings. The van der Waals surface area contributed by atoms with Crippen molar-refractivity contribution in [2.45, 2.75) is 39.7 Å². The van der Waals surface area contributed by atoms with E-state index in [4.69, 9.17) is 9.47 Å². The van der Waals surface area contributed by atoms with Gasteiger partial charge >= 0.3 is 0 Å². The Bertz CT molecular complexity index is 379. The SMILES string of the molecule is CCC(CC)COC(C)C(=O)c1ccc(OC)cc1. The molecule has 0 saturated carbocycles. The maximum absolute atomic E-state index is 12.2. The van der Waals surface area contributed by atoms with Crippen LogP contribution in [0.5, 0.6) is 5.75 Å². The third-order valence-corrected chi connectivity index (χ3v) is 3.48. The zero-order valence-corrected chi connectivity index (χ0v) is 12.3. The summed E-state index contributed by atoms with van der Waals surface area (Å²) in [5.41, 5.74) is 0.665. The number of ketones is 1. The summed E-state index contributed by atoms with van der Waals surface area (Å²) >= 11 is 0. The van der Waals surface area contributed by atoms with E-state index in [1.165, 1.54) is 0 Å². The first-order valence-electron chi connectivity index (χ1n) is 6.92. The molecule has 0 spiro atoms. The van der Waals surface area contributed by atoms with Crippen molar-refractivity contribution < 1.29 is 14.3 Å². The van der Waals surface area contributed by atoms with Gasteiger partial charge in [-0.3, -0.25) is 4.79 Å². The molecule has 0 aliphatic rings. The molecular formula is C16H24O3. The van der Waals surface area contributed by atoms with Crippen molar-refractivity contribution in [3.05, 3.63) is 29.8 Å². The van der Waals surface area contributed by atoms with Crippen LogP contribution in [0.1, 0.15) is 44.0 Å². The highest BCUT2D eigenvalue weighted by molar-refractivity contribution is 5.99. The van der Waals surface area contributed by atoms with Gasteiger partial charge in [0.2, 0.25) is 0 Å². The van der Waals surface area contributed by atoms with Gasteiger partial charge in [0.15, 0.2) is 5.78 Å². The van der Waals surface area contributed by atoms with Gasteiger partial charge in [-0.25, -0.2) is 0 Å². The lowest BCUT2D eigenvalue weighted by Crippen LogP contribution is -2.23. The van der Waals surface area contributed by atoms with Crippen molar-refractivity contribution in [2.24, 2.45) is 5.92 Å². The minimum atomic E-state index is -0.394. The largest absolute Gasteiger partial charge is 0.497 e. The quantitative estimate of drug-likeness (QED) is 0.671. The Balaban J connectivity index is 2.55. The molecule has 3 heteroatoms. The lowest BCUT2D eigenvalue weighted by atomic mass is 10.0. The van der Waals surface area contributed by atoms with Crippen molar-refractivity contribution in [3.63, 3.8) is 0 Å². The van der Waals surface area contributed by atoms with Crippen LogP contribution in [0.15, 0.2) is 24.3 Å². The molecule has 0 saturated heterocycles. The number of hydrogen-bond acceptors (Lipinski definition) is 3. The molecule has 1 aromatic carbocycles. The molecule has 3 nitrogen and oxygen atoms in total. The highest BCUT2D eigenvalue weighted by atomic mass is 16.5. The molecule has 1 unspecified atom stereocenters. The van der Waals surface area contributed by atoms with Crippen molar-refractivity contribution in [2.75, 3.05) is 13.7 Å². The summed E-state index contributed by atoms with van der Waals surface area (Å²) in [6, 6.07) is 7.14. The molecule has 1 atom stereocenters. The number of hydrogen-bond donors (Lipinski definition) is 0. The summed E-state index contributed by atoms with van der Waals surface area (Å²) in [5.74, 6) is 1.31. The van der Waals surface area contributed by atoms with Gasteiger partial charge in [0.1, 0.15) is 11.9 Å². The van der Waals surface area contributed by atoms with Crippen molar-refractivity contribution in [1.82, 2.24) is 0 Å². The normalized spacial score (nSPS) is 12.5. The average Bonchev–Trinajstić information content (AvgIpc) is 2.47. The average molecular weight is 264 g/mol. The van der Waals surface area contributed by atoms with E-state index < -0.39 is 6.10 Å². The van der Waals surface area contributed by atoms with E-state index >= 15 is 0 Å². The summed E-state index contributed by atoms with van der Waals surface area (Å²) in [6.07, 6.45) is 1.77. The molecule has 0 radical (unpaired) electrons. The highest BCUT2D eigenvalue weighted by Gasteiger charge is 2.17. The molecular weight excluding hydrogens is 240 g/mol. The second-order valence-corrected chi connectivity index (χ2v) is 4.75. The molecule has 0 aliphatic carbocycles. The highest BCUT2D eigenvalue weighted by Crippen LogP contribution is 2.15. The van der Waals surface area contributed by atoms with Crippen molar-refractivity contribution >= 4 is 5.78 Å². The van der Waals surface area contributed by atoms with Gasteiger partial charge in [0.25, 0.3) is 0 Å². The first kappa shape index (κ1) is 15.7. The van der Waals surface area contributed by atoms with Crippen molar-refractivity contribution in [3.8, 4) is 5.75 Å². The van der Waals surface area contributed by atoms with Crippen LogP contribution in [0.2, 0.25) is 0 Å². The van der Waals surface area contributed by atoms with E-state index in [1.807, 2.05) is 6.92 Å². The number of methoxy groups -OCH3 is 1. The van der Waals surface area contributed by atoms with E-state index in [2.05, 4.69) is 13.8 Å². The predicted octanol–water partition coefficient (Wildman–Crippen LogP) is 3.72. The molecule has 0 aromatic heterocycles. The summed E-state index contributed by atoms with van der Waals surface area (Å²) in [7, 11) is 1.61. The third-order valence-electron chi connectivity index (χ3n) is 3.48. The number of carbonyl (C=O) groups excluding carboxylic acids is 1. The minimum Gasteiger partial charge on any atom is -0.497 e. The van der Waals surface area contributed by atoms with Gasteiger partial charge in [0.05, 0.1) is 13.7 Å². The predicted molar refractivity (Wildman–Crippen MR) is 76.8 cm³/mol. The topological polar surface area (TPSA) is 35.5 Å². The molecule has 106 valence electrons. The van der Waals surface area contributed by atoms with Crippen LogP contribution in [-0.2, 0) is 4.74 Å². The van der Waals surface area contributed by atoms with Gasteiger partial charge in [-0.05, 0) is 37.1 Å². The Labute approximate surface area is 115 Å². The smallest absolute Gasteiger partial charge is 0.191 e. The van der Waals surface area contributed by atoms with Gasteiger partial charge in [-0.1, -0.05) is 26.7 Å². The number of ether oxygens (including phenoxy) is 2. The zero-order chi connectivity index (χ0) is 14.3. The van der Waals surface area contributed by atoms with E-state index in [-0.39, 0.29) is 5.78 Å². The fourth-order valence-corrected chi connectivity index (χ4v) is 1.87. The van der Waals surface area contributed by atoms with Crippen LogP contribution in [0.3, 0.4) is 0 Å². The first-order chi connectivity index (χ1) is 9.12. The lowest BCUT2D eigenvalue weighted by molar-refractivity contribution is 0.0331. The Morgan fingerprint density at radius 2 is 1.74 bits per heavy atom. The number of Topliss-reactive ketones (excluding diaryl/α,β-unsaturated/α-hetero) is 1. The third kappa shape index (κ3) is 4.67. The second kappa shape index (κ2) is 7.95. The molecule has 1 rings (SSSR count). The number of carbonyl (C=O) groups is 1. The van der Waals surface area contributed by atoms with Gasteiger partial charge in [-0.15, -0.1) is 0 Å². The summed E-state index contributed by atoms with van der Waals surface area (Å²) < 4.78 is 10.8. The van der Waals surface area contributed by atoms with Crippen LogP contribution in [0.4, 0.5) is 0 Å². The summed E-state index contributed by atoms with van der Waals surface area (Å²) in [6.45, 7) is 6.76. The molecule has 0 heterocycles. The summed E-state index contributed by atoms with van der Waals surface area (Å²) in [5, 5.41) is 0. The summed E-state index contributed by atoms with van der Waals surface area (Å²) in [4.78, 5) is 12.2. The van der Waals surface area contributed by atoms with E-state index in [9.17, 15) is 4.79 Å². The monoisotopic (exact) mass is 264 g/mol. The molecule has 0 fully saturated rings. The van der Waals surface area contributed by atoms with E-state index in [0.717, 1.165) is 18.6 Å². The first-order valence-corrected chi connectivity index (χ1v) is 6.92. The Morgan fingerprint density at radius 3 is 2.21 bits per heavy atom. The van der Waals surface area contributed by atoms with E-state index in [1.54, 1.807) is 31.4 Å². The van der Waals surface area contributed by atoms with Crippen LogP contribution in [0, 0.1) is 5.92 Å². The van der Waals surface area contributed by atoms with Crippen LogP contribution >= 0.6 is 0 Å². The van der Waals surface area contributed by atoms with Crippen molar-refractivity contribution in [1.29, 1.82) is 0 Å². The zero-order valence-electron chi connectivity index (χ0n) is 12.3. The Kier molecular flexibility index (Phi) is 6.57. The van der Waals surface area contributed by atoms with Crippen LogP contribution in [-0.4, -0.2) is 25.6 Å². The molecule has 0 aliphatic heterocycles. The maximum Gasteiger partial charge on any atom is 0.191 e. The van der Waals surface area contributed by atoms with E-state index in [0.29, 0.717) is 18.1 Å². The molecule has 19 heavy (non-hydrogen) atoms. The fourth-order valence-electron chi connectivity index (χ4n) is 1.87. The standard InChI is InChI=1S/C16H24O3/c1-5-13(6-2)11-19-12(3)16(17)14-7-9-15(18-4)10-8-14/h7-10,12-13H,5-6,11H2,1-4H3. The number of rotatable bonds is 8. The fraction of sp³-hybridized carbons (Fsp3) is 0.562. The second-order valence-electron chi connectivity index (χ2n) is 4.75. The van der Waals surface area contributed by atoms with Gasteiger partial charge in [0, 0.05) is 5.56 Å². The lowest BCUT2D eigenvalue weighted by Gasteiger charge is -2.17. The number of benzene rings is 1. The molecule has 0 bridgehead atoms. The van der Waals surface area contributed by atoms with Gasteiger partial charge in [-0.2, -0.15) is 0 Å². The Morgan fingerprint density at radius 1 is 1.16 bits per heavy atom. The Hall–Kier alpha value is -1.35. The maximum atomic E-state index is 12.2. The van der Waals surface area contributed by atoms with Crippen LogP contribution in [0.25, 0.3) is 0 Å². The van der Waals surface area contributed by atoms with Crippen LogP contribution < -0.4 is 4.74 Å². The molecule has 0 N–H and O–H groups in total. The minimum absolute atomic E-state index is 0.0219. The van der Waals surface area contributed by atoms with Gasteiger partial charge < -0.3 is 9.47 Å². The molecule has 0 amide bonds.